The van der Waals surface area contributed by atoms with Crippen LogP contribution in [0.25, 0.3) is 27.8 Å². The maximum atomic E-state index is 14.4. The van der Waals surface area contributed by atoms with Gasteiger partial charge in [0, 0.05) is 94.7 Å². The van der Waals surface area contributed by atoms with Gasteiger partial charge in [-0.3, -0.25) is 33.9 Å². The van der Waals surface area contributed by atoms with Crippen LogP contribution in [0.15, 0.2) is 29.2 Å². The average Bonchev–Trinajstić information content (AvgIpc) is 4.11. The molecule has 8 bridgehead atoms. The van der Waals surface area contributed by atoms with Gasteiger partial charge in [0.15, 0.2) is 11.6 Å². The minimum absolute atomic E-state index is 0.0144. The van der Waals surface area contributed by atoms with Gasteiger partial charge in [0.1, 0.15) is 17.7 Å². The van der Waals surface area contributed by atoms with E-state index in [2.05, 4.69) is 49.7 Å². The highest BCUT2D eigenvalue weighted by Gasteiger charge is 2.45. The fraction of sp³-hybridized carbons (Fsp3) is 0.435. The second-order valence-corrected chi connectivity index (χ2v) is 17.4. The van der Waals surface area contributed by atoms with E-state index in [9.17, 15) is 38.7 Å². The predicted molar refractivity (Wildman–Crippen MR) is 239 cm³/mol. The van der Waals surface area contributed by atoms with Crippen molar-refractivity contribution in [2.45, 2.75) is 109 Å². The zero-order valence-electron chi connectivity index (χ0n) is 37.9. The lowest BCUT2D eigenvalue weighted by Crippen LogP contribution is -2.41. The Morgan fingerprint density at radius 3 is 2.30 bits per heavy atom. The number of H-pyrrole nitrogens is 2. The number of carboxylic acid groups (broad SMARTS) is 1. The van der Waals surface area contributed by atoms with E-state index in [0.717, 1.165) is 38.7 Å². The zero-order chi connectivity index (χ0) is 47.5. The van der Waals surface area contributed by atoms with Gasteiger partial charge in [-0.2, -0.15) is 4.68 Å². The molecule has 0 spiro atoms. The Hall–Kier alpha value is -7.38. The fourth-order valence-corrected chi connectivity index (χ4v) is 9.72. The Labute approximate surface area is 377 Å². The monoisotopic (exact) mass is 901 g/mol. The molecule has 6 atom stereocenters. The van der Waals surface area contributed by atoms with Crippen LogP contribution >= 0.6 is 0 Å². The van der Waals surface area contributed by atoms with Gasteiger partial charge in [-0.1, -0.05) is 31.1 Å². The molecule has 5 N–H and O–H groups in total. The highest BCUT2D eigenvalue weighted by molar-refractivity contribution is 6.23. The lowest BCUT2D eigenvalue weighted by atomic mass is 9.84. The van der Waals surface area contributed by atoms with E-state index in [-0.39, 0.29) is 73.1 Å². The van der Waals surface area contributed by atoms with E-state index in [1.807, 2.05) is 39.0 Å². The number of methoxy groups -OCH3 is 1. The van der Waals surface area contributed by atoms with Crippen molar-refractivity contribution in [1.29, 1.82) is 0 Å². The van der Waals surface area contributed by atoms with E-state index in [0.29, 0.717) is 55.7 Å². The summed E-state index contributed by atoms with van der Waals surface area (Å²) in [5, 5.41) is 22.5. The number of aromatic nitrogens is 9. The maximum Gasteiger partial charge on any atom is 0.352 e. The van der Waals surface area contributed by atoms with Crippen LogP contribution in [0.5, 0.6) is 0 Å². The molecule has 5 aromatic heterocycles. The molecule has 0 saturated carbocycles. The van der Waals surface area contributed by atoms with Crippen molar-refractivity contribution in [2.75, 3.05) is 13.7 Å². The zero-order valence-corrected chi connectivity index (χ0v) is 37.9. The number of nitrogens with one attached hydrogen (secondary N) is 4. The molecule has 20 heteroatoms. The summed E-state index contributed by atoms with van der Waals surface area (Å²) in [6.45, 7) is 11.5. The first-order chi connectivity index (χ1) is 31.4. The van der Waals surface area contributed by atoms with E-state index in [1.54, 1.807) is 0 Å². The van der Waals surface area contributed by atoms with Gasteiger partial charge in [-0.15, -0.1) is 0 Å². The van der Waals surface area contributed by atoms with Crippen molar-refractivity contribution in [2.24, 2.45) is 7.05 Å². The smallest absolute Gasteiger partial charge is 0.352 e. The number of amides is 2. The lowest BCUT2D eigenvalue weighted by molar-refractivity contribution is -0.141. The second-order valence-electron chi connectivity index (χ2n) is 17.4. The van der Waals surface area contributed by atoms with E-state index < -0.39 is 47.2 Å². The van der Waals surface area contributed by atoms with E-state index in [4.69, 9.17) is 14.7 Å². The van der Waals surface area contributed by atoms with Gasteiger partial charge in [-0.05, 0) is 75.8 Å². The molecule has 5 aromatic rings. The highest BCUT2D eigenvalue weighted by Crippen LogP contribution is 2.48. The number of ether oxygens (including phenoxy) is 1. The molecule has 20 nitrogen and oxygen atoms in total. The largest absolute Gasteiger partial charge is 0.480 e. The number of Topliss-reactive ketones (excluding diaryl/α,β-unsaturated/α-hetero) is 2. The molecule has 66 heavy (non-hydrogen) atoms. The average molecular weight is 902 g/mol. The normalized spacial score (nSPS) is 19.2. The van der Waals surface area contributed by atoms with Crippen LogP contribution in [0.4, 0.5) is 0 Å². The third kappa shape index (κ3) is 7.82. The molecule has 0 saturated heterocycles. The van der Waals surface area contributed by atoms with Crippen LogP contribution in [-0.2, 0) is 26.2 Å². The number of hydrogen-bond acceptors (Lipinski definition) is 13. The van der Waals surface area contributed by atoms with Crippen molar-refractivity contribution in [3.05, 3.63) is 91.2 Å². The number of imidazole rings is 1. The quantitative estimate of drug-likeness (QED) is 0.0472. The topological polar surface area (TPSA) is 278 Å². The lowest BCUT2D eigenvalue weighted by Gasteiger charge is -2.19. The van der Waals surface area contributed by atoms with Gasteiger partial charge < -0.3 is 30.4 Å². The summed E-state index contributed by atoms with van der Waals surface area (Å²) in [7, 11) is 2.61. The summed E-state index contributed by atoms with van der Waals surface area (Å²) in [4.78, 5) is 113. The van der Waals surface area contributed by atoms with Crippen LogP contribution in [0.2, 0.25) is 0 Å². The summed E-state index contributed by atoms with van der Waals surface area (Å²) >= 11 is 0. The molecule has 2 aliphatic heterocycles. The number of esters is 1. The van der Waals surface area contributed by atoms with Crippen molar-refractivity contribution < 1.29 is 38.6 Å². The first kappa shape index (κ1) is 45.2. The number of nitrogens with zero attached hydrogens (tertiary/aromatic N) is 7. The molecule has 1 unspecified atom stereocenters. The number of carboxylic acids is 1. The standard InChI is InChI=1S/C46H51N11O9/c1-9-24-19(2)27-17-32-35(23(6)58)21(4)29(49-32)15-28-20(3)25(39(50-28)37-38(44(64)66-8)41(60)36-22(5)30(51-40(36)37)16-31(24)48-27)12-13-34(59)47-14-10-11-26(43(62)63)52-42(61)33-18-57-45(53-33)54-55-56(7)46(57)65/h15-20,24-26,38,49,51H,9-14H2,1-8H3,(H,47,59)(H,52,61)(H,62,63)/t19-,20+,24-,25+,26?,38+/m0/s1. The van der Waals surface area contributed by atoms with E-state index in [1.165, 1.54) is 21.1 Å². The molecular formula is C46H51N11O9. The number of ketones is 2. The van der Waals surface area contributed by atoms with Crippen LogP contribution in [-0.4, -0.2) is 104 Å². The molecule has 8 rings (SSSR count). The summed E-state index contributed by atoms with van der Waals surface area (Å²) in [6.07, 6.45) is 2.37. The molecule has 0 aromatic carbocycles. The van der Waals surface area contributed by atoms with Gasteiger partial charge in [0.05, 0.1) is 23.8 Å². The number of aryl methyl sites for hydroxylation is 3. The van der Waals surface area contributed by atoms with Gasteiger partial charge >= 0.3 is 17.6 Å². The van der Waals surface area contributed by atoms with Crippen LogP contribution < -0.4 is 16.3 Å². The van der Waals surface area contributed by atoms with Crippen molar-refractivity contribution in [3.63, 3.8) is 0 Å². The van der Waals surface area contributed by atoms with Gasteiger partial charge in [0.25, 0.3) is 11.7 Å². The number of carbonyl (C=O) groups is 6. The minimum atomic E-state index is -1.33. The Kier molecular flexibility index (Phi) is 12.0. The van der Waals surface area contributed by atoms with Crippen molar-refractivity contribution in [1.82, 2.24) is 54.9 Å². The fourth-order valence-electron chi connectivity index (χ4n) is 9.72. The molecule has 0 fully saturated rings. The number of aliphatic carboxylic acids is 1. The third-order valence-electron chi connectivity index (χ3n) is 13.4. The summed E-state index contributed by atoms with van der Waals surface area (Å²) in [6, 6.07) is 4.46. The summed E-state index contributed by atoms with van der Waals surface area (Å²) in [5.74, 6) is -5.81. The predicted octanol–water partition coefficient (Wildman–Crippen LogP) is 4.47. The second kappa shape index (κ2) is 17.5. The molecule has 1 aliphatic carbocycles. The van der Waals surface area contributed by atoms with Gasteiger partial charge in [-0.25, -0.2) is 19.0 Å². The number of rotatable bonds is 13. The van der Waals surface area contributed by atoms with Crippen LogP contribution in [0, 0.1) is 13.8 Å². The highest BCUT2D eigenvalue weighted by atomic mass is 16.5. The Morgan fingerprint density at radius 1 is 0.924 bits per heavy atom. The van der Waals surface area contributed by atoms with Crippen molar-refractivity contribution in [3.8, 4) is 0 Å². The van der Waals surface area contributed by atoms with Crippen molar-refractivity contribution >= 4 is 63.2 Å². The third-order valence-corrected chi connectivity index (χ3v) is 13.4. The number of carbonyl (C=O) groups excluding carboxylic acids is 5. The summed E-state index contributed by atoms with van der Waals surface area (Å²) < 4.78 is 7.20. The maximum absolute atomic E-state index is 14.4. The minimum Gasteiger partial charge on any atom is -0.480 e. The van der Waals surface area contributed by atoms with Crippen LogP contribution in [0.3, 0.4) is 0 Å². The first-order valence-electron chi connectivity index (χ1n) is 21.9. The molecule has 344 valence electrons. The molecule has 2 amide bonds. The van der Waals surface area contributed by atoms with E-state index >= 15 is 0 Å². The number of aromatic amines is 2. The summed E-state index contributed by atoms with van der Waals surface area (Å²) in [5.41, 5.74) is 7.08. The first-order valence-corrected chi connectivity index (χ1v) is 21.9. The van der Waals surface area contributed by atoms with Crippen LogP contribution in [0.1, 0.15) is 160 Å². The van der Waals surface area contributed by atoms with Gasteiger partial charge in [0.2, 0.25) is 5.91 Å². The Balaban J connectivity index is 1.10. The number of hydrogen-bond donors (Lipinski definition) is 5. The Bertz CT molecular complexity index is 3120. The Morgan fingerprint density at radius 2 is 1.61 bits per heavy atom. The molecule has 7 heterocycles. The molecular weight excluding hydrogens is 851 g/mol. The molecule has 3 aliphatic rings. The number of fused-ring (bicyclic) bond motifs is 9. The molecule has 0 radical (unpaired) electrons. The SMILES string of the molecule is CC[C@@H]1c2cc3[nH]c4c(c3C)C(=O)[C@H](C(=O)OC)c4c3nc(cc4[nH]c(cc(n2)[C@H]1C)c(C(C)=O)c4C)[C@H](C)[C@H]3CCC(=O)NCCCC(NC(=O)c1cn2c(=O)n(C)nnc2n1)C(=O)O.